The highest BCUT2D eigenvalue weighted by molar-refractivity contribution is 7.85. The number of nitrogens with two attached hydrogens (primary N) is 1. The van der Waals surface area contributed by atoms with Gasteiger partial charge in [-0.15, -0.1) is 0 Å². The molecule has 0 bridgehead atoms. The lowest BCUT2D eigenvalue weighted by atomic mass is 10.3. The van der Waals surface area contributed by atoms with Crippen LogP contribution in [0.5, 0.6) is 5.75 Å². The Bertz CT molecular complexity index is 401. The Morgan fingerprint density at radius 3 is 1.94 bits per heavy atom. The summed E-state index contributed by atoms with van der Waals surface area (Å²) in [5, 5.41) is 11.1. The third-order valence-corrected chi connectivity index (χ3v) is 3.04. The van der Waals surface area contributed by atoms with Crippen molar-refractivity contribution in [2.24, 2.45) is 0 Å². The first-order valence-electron chi connectivity index (χ1n) is 5.07. The van der Waals surface area contributed by atoms with Crippen LogP contribution < -0.4 is 5.32 Å². The Labute approximate surface area is 94.9 Å². The lowest BCUT2D eigenvalue weighted by molar-refractivity contribution is -0.635. The van der Waals surface area contributed by atoms with E-state index in [-0.39, 0.29) is 10.6 Å². The Kier molecular flexibility index (Phi) is 4.72. The van der Waals surface area contributed by atoms with Crippen LogP contribution in [0.1, 0.15) is 12.8 Å². The van der Waals surface area contributed by atoms with E-state index in [9.17, 15) is 13.0 Å². The second-order valence-electron chi connectivity index (χ2n) is 3.52. The fraction of sp³-hybridized carbons (Fsp3) is 0.400. The van der Waals surface area contributed by atoms with Crippen LogP contribution >= 0.6 is 0 Å². The minimum absolute atomic E-state index is 0.0719. The molecule has 0 amide bonds. The minimum atomic E-state index is -4.38. The average molecular weight is 245 g/mol. The van der Waals surface area contributed by atoms with Crippen LogP contribution in [0.4, 0.5) is 0 Å². The molecule has 90 valence electrons. The van der Waals surface area contributed by atoms with Gasteiger partial charge in [-0.2, -0.15) is 0 Å². The van der Waals surface area contributed by atoms with Crippen molar-refractivity contribution in [3.05, 3.63) is 24.3 Å². The van der Waals surface area contributed by atoms with E-state index in [0.29, 0.717) is 0 Å². The van der Waals surface area contributed by atoms with E-state index >= 15 is 0 Å². The zero-order valence-electron chi connectivity index (χ0n) is 8.80. The molecule has 1 heterocycles. The first-order valence-corrected chi connectivity index (χ1v) is 6.47. The molecular formula is C10H15NO4S. The number of phenols is 1. The summed E-state index contributed by atoms with van der Waals surface area (Å²) in [6.07, 6.45) is 2.89. The maximum Gasteiger partial charge on any atom is 0.124 e. The van der Waals surface area contributed by atoms with E-state index in [4.69, 9.17) is 5.11 Å². The van der Waals surface area contributed by atoms with Crippen molar-refractivity contribution in [1.29, 1.82) is 0 Å². The molecule has 3 N–H and O–H groups in total. The number of aromatic hydroxyl groups is 1. The van der Waals surface area contributed by atoms with E-state index in [1.54, 1.807) is 0 Å². The van der Waals surface area contributed by atoms with Gasteiger partial charge >= 0.3 is 0 Å². The number of rotatable bonds is 1. The number of phenolic OH excluding ortho intramolecular Hbond substituents is 1. The highest BCUT2D eigenvalue weighted by atomic mass is 32.2. The van der Waals surface area contributed by atoms with Gasteiger partial charge in [0.1, 0.15) is 15.9 Å². The Morgan fingerprint density at radius 1 is 1.12 bits per heavy atom. The van der Waals surface area contributed by atoms with E-state index in [1.807, 2.05) is 0 Å². The monoisotopic (exact) mass is 245 g/mol. The first kappa shape index (κ1) is 13.0. The lowest BCUT2D eigenvalue weighted by Gasteiger charge is -2.05. The summed E-state index contributed by atoms with van der Waals surface area (Å²) in [5.41, 5.74) is 0. The zero-order valence-corrected chi connectivity index (χ0v) is 9.61. The molecule has 1 saturated heterocycles. The molecule has 1 aliphatic rings. The molecular weight excluding hydrogens is 230 g/mol. The SMILES string of the molecule is C1CC[NH2+]C1.O=S(=O)([O-])c1ccc(O)cc1. The predicted molar refractivity (Wildman–Crippen MR) is 57.0 cm³/mol. The van der Waals surface area contributed by atoms with Crippen molar-refractivity contribution >= 4 is 10.1 Å². The standard InChI is InChI=1S/C6H6O4S.C4H9N/c7-5-1-3-6(4-2-5)11(8,9)10;1-2-4-5-3-1/h1-4,7H,(H,8,9,10);5H,1-4H2. The minimum Gasteiger partial charge on any atom is -0.744 e. The number of benzene rings is 1. The molecule has 0 atom stereocenters. The Morgan fingerprint density at radius 2 is 1.62 bits per heavy atom. The van der Waals surface area contributed by atoms with Gasteiger partial charge in [-0.1, -0.05) is 0 Å². The van der Waals surface area contributed by atoms with E-state index in [2.05, 4.69) is 5.32 Å². The molecule has 6 heteroatoms. The molecule has 16 heavy (non-hydrogen) atoms. The zero-order chi connectivity index (χ0) is 12.0. The molecule has 0 saturated carbocycles. The third-order valence-electron chi connectivity index (χ3n) is 2.19. The summed E-state index contributed by atoms with van der Waals surface area (Å²) in [4.78, 5) is -0.338. The number of quaternary nitrogens is 1. The lowest BCUT2D eigenvalue weighted by Crippen LogP contribution is -2.80. The summed E-state index contributed by atoms with van der Waals surface area (Å²) >= 11 is 0. The van der Waals surface area contributed by atoms with Gasteiger partial charge in [-0.05, 0) is 24.3 Å². The Balaban J connectivity index is 0.000000212. The van der Waals surface area contributed by atoms with Crippen molar-refractivity contribution in [1.82, 2.24) is 0 Å². The summed E-state index contributed by atoms with van der Waals surface area (Å²) in [6.45, 7) is 2.75. The van der Waals surface area contributed by atoms with Gasteiger partial charge in [0.05, 0.1) is 18.0 Å². The fourth-order valence-electron chi connectivity index (χ4n) is 1.33. The highest BCUT2D eigenvalue weighted by Gasteiger charge is 1.99. The number of hydrogen-bond acceptors (Lipinski definition) is 4. The average Bonchev–Trinajstić information content (AvgIpc) is 2.74. The van der Waals surface area contributed by atoms with Gasteiger partial charge in [-0.3, -0.25) is 0 Å². The van der Waals surface area contributed by atoms with Crippen molar-refractivity contribution in [2.75, 3.05) is 13.1 Å². The smallest absolute Gasteiger partial charge is 0.124 e. The van der Waals surface area contributed by atoms with Crippen LogP contribution in [0.15, 0.2) is 29.2 Å². The van der Waals surface area contributed by atoms with Crippen LogP contribution in [-0.4, -0.2) is 31.2 Å². The van der Waals surface area contributed by atoms with Crippen LogP contribution in [0, 0.1) is 0 Å². The molecule has 1 aromatic rings. The van der Waals surface area contributed by atoms with Crippen molar-refractivity contribution < 1.29 is 23.4 Å². The molecule has 2 rings (SSSR count). The topological polar surface area (TPSA) is 94.0 Å². The van der Waals surface area contributed by atoms with Gasteiger partial charge in [0.2, 0.25) is 0 Å². The van der Waals surface area contributed by atoms with Gasteiger partial charge in [-0.25, -0.2) is 8.42 Å². The van der Waals surface area contributed by atoms with Gasteiger partial charge in [0, 0.05) is 12.8 Å². The molecule has 1 aliphatic heterocycles. The molecule has 1 aromatic carbocycles. The Hall–Kier alpha value is -1.11. The van der Waals surface area contributed by atoms with Crippen LogP contribution in [-0.2, 0) is 10.1 Å². The molecule has 0 spiro atoms. The van der Waals surface area contributed by atoms with Crippen LogP contribution in [0.2, 0.25) is 0 Å². The van der Waals surface area contributed by atoms with E-state index < -0.39 is 10.1 Å². The quantitative estimate of drug-likeness (QED) is 0.661. The van der Waals surface area contributed by atoms with E-state index in [1.165, 1.54) is 25.9 Å². The first-order chi connectivity index (χ1) is 7.50. The fourth-order valence-corrected chi connectivity index (χ4v) is 1.80. The van der Waals surface area contributed by atoms with E-state index in [0.717, 1.165) is 24.3 Å². The molecule has 1 fully saturated rings. The summed E-state index contributed by atoms with van der Waals surface area (Å²) in [7, 11) is -4.38. The van der Waals surface area contributed by atoms with Gasteiger partial charge < -0.3 is 15.0 Å². The summed E-state index contributed by atoms with van der Waals surface area (Å²) in [5.74, 6) is -0.0719. The van der Waals surface area contributed by atoms with Crippen molar-refractivity contribution in [3.63, 3.8) is 0 Å². The molecule has 0 unspecified atom stereocenters. The largest absolute Gasteiger partial charge is 0.744 e. The third kappa shape index (κ3) is 4.61. The van der Waals surface area contributed by atoms with Crippen LogP contribution in [0.3, 0.4) is 0 Å². The summed E-state index contributed by atoms with van der Waals surface area (Å²) < 4.78 is 30.9. The predicted octanol–water partition coefficient (Wildman–Crippen LogP) is -0.360. The van der Waals surface area contributed by atoms with Gasteiger partial charge in [0.25, 0.3) is 0 Å². The molecule has 0 aliphatic carbocycles. The second kappa shape index (κ2) is 5.83. The van der Waals surface area contributed by atoms with Crippen molar-refractivity contribution in [2.45, 2.75) is 17.7 Å². The second-order valence-corrected chi connectivity index (χ2v) is 4.90. The van der Waals surface area contributed by atoms with Gasteiger partial charge in [0.15, 0.2) is 0 Å². The maximum atomic E-state index is 10.3. The van der Waals surface area contributed by atoms with Crippen molar-refractivity contribution in [3.8, 4) is 5.75 Å². The maximum absolute atomic E-state index is 10.3. The molecule has 0 aromatic heterocycles. The van der Waals surface area contributed by atoms with Crippen LogP contribution in [0.25, 0.3) is 0 Å². The highest BCUT2D eigenvalue weighted by Crippen LogP contribution is 2.13. The number of hydrogen-bond donors (Lipinski definition) is 2. The molecule has 5 nitrogen and oxygen atoms in total. The molecule has 0 radical (unpaired) electrons. The summed E-state index contributed by atoms with van der Waals surface area (Å²) in [6, 6.07) is 4.39. The normalized spacial score (nSPS) is 15.3.